The molecule has 6 nitrogen and oxygen atoms in total. The van der Waals surface area contributed by atoms with Gasteiger partial charge in [0.25, 0.3) is 0 Å². The summed E-state index contributed by atoms with van der Waals surface area (Å²) in [6.07, 6.45) is 12.0. The third kappa shape index (κ3) is 4.69. The number of benzene rings is 1. The van der Waals surface area contributed by atoms with E-state index in [0.29, 0.717) is 18.2 Å². The van der Waals surface area contributed by atoms with Gasteiger partial charge in [0, 0.05) is 24.9 Å². The second-order valence-corrected chi connectivity index (χ2v) is 8.27. The van der Waals surface area contributed by atoms with Crippen LogP contribution in [0.15, 0.2) is 30.6 Å². The van der Waals surface area contributed by atoms with Crippen LogP contribution in [0, 0.1) is 5.92 Å². The molecule has 29 heavy (non-hydrogen) atoms. The Morgan fingerprint density at radius 1 is 1.14 bits per heavy atom. The van der Waals surface area contributed by atoms with Gasteiger partial charge in [0.2, 0.25) is 5.91 Å². The number of unbranched alkanes of at least 4 members (excludes halogenated alkanes) is 2. The molecule has 0 atom stereocenters. The fourth-order valence-corrected chi connectivity index (χ4v) is 4.46. The zero-order valence-corrected chi connectivity index (χ0v) is 17.1. The van der Waals surface area contributed by atoms with Crippen LogP contribution in [-0.4, -0.2) is 27.0 Å². The molecule has 0 unspecified atom stereocenters. The first-order chi connectivity index (χ1) is 14.2. The normalized spacial score (nSPS) is 15.2. The number of fused-ring (bicyclic) bond motifs is 3. The Balaban J connectivity index is 1.26. The number of hydrogen-bond donors (Lipinski definition) is 2. The molecule has 1 saturated carbocycles. The van der Waals surface area contributed by atoms with E-state index < -0.39 is 0 Å². The van der Waals surface area contributed by atoms with Gasteiger partial charge >= 0.3 is 0 Å². The lowest BCUT2D eigenvalue weighted by atomic mass is 9.89. The zero-order chi connectivity index (χ0) is 20.1. The van der Waals surface area contributed by atoms with Gasteiger partial charge in [0.05, 0.1) is 17.4 Å². The fraction of sp³-hybridized carbons (Fsp3) is 0.522. The van der Waals surface area contributed by atoms with Gasteiger partial charge in [-0.1, -0.05) is 43.9 Å². The Kier molecular flexibility index (Phi) is 6.27. The summed E-state index contributed by atoms with van der Waals surface area (Å²) < 4.78 is 2.17. The number of anilines is 1. The number of rotatable bonds is 8. The highest BCUT2D eigenvalue weighted by molar-refractivity contribution is 6.06. The number of nitrogen functional groups attached to an aromatic ring is 1. The second-order valence-electron chi connectivity index (χ2n) is 8.27. The summed E-state index contributed by atoms with van der Waals surface area (Å²) in [5.41, 5.74) is 8.82. The molecule has 0 radical (unpaired) electrons. The molecular formula is C23H31N5O. The van der Waals surface area contributed by atoms with E-state index in [-0.39, 0.29) is 5.91 Å². The third-order valence-electron chi connectivity index (χ3n) is 6.10. The minimum absolute atomic E-state index is 0.202. The predicted octanol–water partition coefficient (Wildman–Crippen LogP) is 4.42. The Labute approximate surface area is 171 Å². The number of nitrogens with one attached hydrogen (secondary N) is 1. The van der Waals surface area contributed by atoms with Gasteiger partial charge in [-0.15, -0.1) is 0 Å². The summed E-state index contributed by atoms with van der Waals surface area (Å²) in [6.45, 7) is 1.73. The van der Waals surface area contributed by atoms with Crippen LogP contribution in [0.3, 0.4) is 0 Å². The number of carbonyl (C=O) groups excluding carboxylic acids is 1. The molecule has 2 aromatic heterocycles. The highest BCUT2D eigenvalue weighted by Gasteiger charge is 2.14. The maximum atomic E-state index is 12.1. The summed E-state index contributed by atoms with van der Waals surface area (Å²) in [6, 6.07) is 8.04. The molecule has 0 saturated heterocycles. The van der Waals surface area contributed by atoms with Crippen LogP contribution in [0.25, 0.3) is 21.9 Å². The number of para-hydroxylation sites is 1. The average molecular weight is 394 g/mol. The van der Waals surface area contributed by atoms with Crippen LogP contribution in [-0.2, 0) is 11.3 Å². The molecule has 4 rings (SSSR count). The molecule has 1 aliphatic rings. The van der Waals surface area contributed by atoms with E-state index in [9.17, 15) is 4.79 Å². The van der Waals surface area contributed by atoms with Gasteiger partial charge in [-0.3, -0.25) is 4.79 Å². The number of carbonyl (C=O) groups is 1. The molecule has 1 fully saturated rings. The van der Waals surface area contributed by atoms with E-state index in [1.807, 2.05) is 24.5 Å². The van der Waals surface area contributed by atoms with Crippen molar-refractivity contribution in [2.24, 2.45) is 5.92 Å². The smallest absolute Gasteiger partial charge is 0.220 e. The molecule has 3 aromatic rings. The van der Waals surface area contributed by atoms with Crippen LogP contribution in [0.1, 0.15) is 57.8 Å². The minimum atomic E-state index is 0.202. The second kappa shape index (κ2) is 9.25. The topological polar surface area (TPSA) is 85.8 Å². The molecule has 0 spiro atoms. The van der Waals surface area contributed by atoms with Gasteiger partial charge < -0.3 is 15.6 Å². The molecule has 154 valence electrons. The standard InChI is InChI=1S/C23H31N5O/c24-23-21-22(18-11-6-7-12-19(18)27-23)28(16-26-21)14-8-2-5-13-20(29)25-15-17-9-3-1-4-10-17/h6-7,11-12,16-17H,1-5,8-10,13-15H2,(H2,24,27)(H,25,29). The van der Waals surface area contributed by atoms with Crippen molar-refractivity contribution in [1.29, 1.82) is 0 Å². The van der Waals surface area contributed by atoms with E-state index in [0.717, 1.165) is 54.3 Å². The first-order valence-corrected chi connectivity index (χ1v) is 11.0. The van der Waals surface area contributed by atoms with E-state index >= 15 is 0 Å². The highest BCUT2D eigenvalue weighted by atomic mass is 16.1. The van der Waals surface area contributed by atoms with Crippen LogP contribution < -0.4 is 11.1 Å². The zero-order valence-electron chi connectivity index (χ0n) is 17.1. The maximum Gasteiger partial charge on any atom is 0.220 e. The quantitative estimate of drug-likeness (QED) is 0.555. The molecule has 6 heteroatoms. The number of amides is 1. The Morgan fingerprint density at radius 3 is 2.83 bits per heavy atom. The molecule has 1 aromatic carbocycles. The number of nitrogens with two attached hydrogens (primary N) is 1. The van der Waals surface area contributed by atoms with Gasteiger partial charge in [0.1, 0.15) is 5.52 Å². The van der Waals surface area contributed by atoms with E-state index in [1.165, 1.54) is 32.1 Å². The first-order valence-electron chi connectivity index (χ1n) is 11.0. The van der Waals surface area contributed by atoms with E-state index in [1.54, 1.807) is 0 Å². The third-order valence-corrected chi connectivity index (χ3v) is 6.10. The van der Waals surface area contributed by atoms with Gasteiger partial charge in [-0.25, -0.2) is 9.97 Å². The summed E-state index contributed by atoms with van der Waals surface area (Å²) in [5.74, 6) is 1.37. The van der Waals surface area contributed by atoms with Crippen molar-refractivity contribution in [3.63, 3.8) is 0 Å². The highest BCUT2D eigenvalue weighted by Crippen LogP contribution is 2.27. The van der Waals surface area contributed by atoms with E-state index in [2.05, 4.69) is 25.9 Å². The predicted molar refractivity (Wildman–Crippen MR) is 117 cm³/mol. The van der Waals surface area contributed by atoms with Crippen molar-refractivity contribution in [1.82, 2.24) is 19.9 Å². The van der Waals surface area contributed by atoms with Gasteiger partial charge in [-0.05, 0) is 37.7 Å². The molecule has 2 heterocycles. The average Bonchev–Trinajstić information content (AvgIpc) is 3.18. The van der Waals surface area contributed by atoms with Gasteiger partial charge in [-0.2, -0.15) is 0 Å². The minimum Gasteiger partial charge on any atom is -0.382 e. The lowest BCUT2D eigenvalue weighted by Gasteiger charge is -2.21. The summed E-state index contributed by atoms with van der Waals surface area (Å²) in [4.78, 5) is 21.0. The van der Waals surface area contributed by atoms with Crippen molar-refractivity contribution in [2.45, 2.75) is 64.3 Å². The van der Waals surface area contributed by atoms with Crippen molar-refractivity contribution in [3.05, 3.63) is 30.6 Å². The Bertz CT molecular complexity index is 974. The number of aromatic nitrogens is 3. The maximum absolute atomic E-state index is 12.1. The molecule has 1 amide bonds. The lowest BCUT2D eigenvalue weighted by molar-refractivity contribution is -0.121. The van der Waals surface area contributed by atoms with Crippen molar-refractivity contribution < 1.29 is 4.79 Å². The first kappa shape index (κ1) is 19.7. The van der Waals surface area contributed by atoms with Crippen LogP contribution in [0.4, 0.5) is 5.82 Å². The van der Waals surface area contributed by atoms with Crippen molar-refractivity contribution in [2.75, 3.05) is 12.3 Å². The van der Waals surface area contributed by atoms with Crippen LogP contribution >= 0.6 is 0 Å². The number of aryl methyl sites for hydroxylation is 1. The van der Waals surface area contributed by atoms with Crippen molar-refractivity contribution >= 4 is 33.7 Å². The number of nitrogens with zero attached hydrogens (tertiary/aromatic N) is 3. The summed E-state index contributed by atoms with van der Waals surface area (Å²) in [5, 5.41) is 4.21. The van der Waals surface area contributed by atoms with Crippen LogP contribution in [0.5, 0.6) is 0 Å². The summed E-state index contributed by atoms with van der Waals surface area (Å²) >= 11 is 0. The monoisotopic (exact) mass is 393 g/mol. The molecule has 1 aliphatic carbocycles. The largest absolute Gasteiger partial charge is 0.382 e. The SMILES string of the molecule is Nc1nc2ccccc2c2c1ncn2CCCCCC(=O)NCC1CCCCC1. The molecular weight excluding hydrogens is 362 g/mol. The molecule has 0 bridgehead atoms. The molecule has 3 N–H and O–H groups in total. The number of pyridine rings is 1. The Morgan fingerprint density at radius 2 is 1.97 bits per heavy atom. The van der Waals surface area contributed by atoms with Crippen molar-refractivity contribution in [3.8, 4) is 0 Å². The van der Waals surface area contributed by atoms with E-state index in [4.69, 9.17) is 5.73 Å². The number of imidazole rings is 1. The van der Waals surface area contributed by atoms with Crippen LogP contribution in [0.2, 0.25) is 0 Å². The fourth-order valence-electron chi connectivity index (χ4n) is 4.46. The lowest BCUT2D eigenvalue weighted by Crippen LogP contribution is -2.30. The number of hydrogen-bond acceptors (Lipinski definition) is 4. The molecule has 0 aliphatic heterocycles. The summed E-state index contributed by atoms with van der Waals surface area (Å²) in [7, 11) is 0. The van der Waals surface area contributed by atoms with Gasteiger partial charge in [0.15, 0.2) is 5.82 Å². The Hall–Kier alpha value is -2.63.